The molecule has 1 aromatic rings. The number of hydrogen-bond acceptors (Lipinski definition) is 2. The lowest BCUT2D eigenvalue weighted by Gasteiger charge is -2.11. The van der Waals surface area contributed by atoms with Gasteiger partial charge in [0.25, 0.3) is 0 Å². The highest BCUT2D eigenvalue weighted by Crippen LogP contribution is 2.24. The predicted molar refractivity (Wildman–Crippen MR) is 52.8 cm³/mol. The Balaban J connectivity index is 3.12. The zero-order valence-electron chi connectivity index (χ0n) is 8.93. The van der Waals surface area contributed by atoms with E-state index < -0.39 is 35.1 Å². The fourth-order valence-corrected chi connectivity index (χ4v) is 1.21. The molecule has 8 heteroatoms. The monoisotopic (exact) mass is 265 g/mol. The number of benzene rings is 1. The Labute approximate surface area is 98.2 Å². The number of aromatic carboxylic acids is 1. The van der Waals surface area contributed by atoms with E-state index in [1.54, 1.807) is 0 Å². The number of hydrogen-bond donors (Lipinski definition) is 2. The van der Waals surface area contributed by atoms with Gasteiger partial charge in [0, 0.05) is 0 Å². The van der Waals surface area contributed by atoms with Crippen molar-refractivity contribution in [1.29, 1.82) is 0 Å². The molecule has 4 nitrogen and oxygen atoms in total. The van der Waals surface area contributed by atoms with Gasteiger partial charge in [-0.3, -0.25) is 4.79 Å². The minimum absolute atomic E-state index is 0.120. The first kappa shape index (κ1) is 13.9. The fourth-order valence-electron chi connectivity index (χ4n) is 1.21. The normalized spacial score (nSPS) is 11.2. The van der Waals surface area contributed by atoms with Crippen LogP contribution in [0.3, 0.4) is 0 Å². The van der Waals surface area contributed by atoms with Crippen molar-refractivity contribution in [3.05, 3.63) is 29.1 Å². The molecule has 0 radical (unpaired) electrons. The molecule has 18 heavy (non-hydrogen) atoms. The van der Waals surface area contributed by atoms with Crippen LogP contribution in [0.2, 0.25) is 0 Å². The van der Waals surface area contributed by atoms with Gasteiger partial charge in [-0.25, -0.2) is 9.18 Å². The molecular weight excluding hydrogens is 258 g/mol. The van der Waals surface area contributed by atoms with Crippen LogP contribution in [-0.2, 0) is 4.79 Å². The average Bonchev–Trinajstić information content (AvgIpc) is 2.21. The number of carboxylic acid groups (broad SMARTS) is 1. The van der Waals surface area contributed by atoms with Gasteiger partial charge in [0.2, 0.25) is 0 Å². The second-order valence-electron chi connectivity index (χ2n) is 3.41. The van der Waals surface area contributed by atoms with Crippen molar-refractivity contribution in [2.24, 2.45) is 0 Å². The summed E-state index contributed by atoms with van der Waals surface area (Å²) in [6, 6.07) is 1.48. The van der Waals surface area contributed by atoms with E-state index in [1.807, 2.05) is 0 Å². The van der Waals surface area contributed by atoms with E-state index in [9.17, 15) is 27.2 Å². The standard InChI is InChI=1S/C10H7F4NO3/c1-4-2-5(8(16)17)3-6(11)7(4)15-9(18)10(12,13)14/h2-3H,1H3,(H,15,18)(H,16,17). The van der Waals surface area contributed by atoms with Gasteiger partial charge in [0.1, 0.15) is 5.82 Å². The zero-order chi connectivity index (χ0) is 14.1. The number of amides is 1. The van der Waals surface area contributed by atoms with Crippen LogP contribution < -0.4 is 5.32 Å². The zero-order valence-corrected chi connectivity index (χ0v) is 8.93. The molecule has 0 aliphatic carbocycles. The van der Waals surface area contributed by atoms with Gasteiger partial charge in [0.15, 0.2) is 0 Å². The van der Waals surface area contributed by atoms with Crippen LogP contribution in [0.25, 0.3) is 0 Å². The number of carbonyl (C=O) groups excluding carboxylic acids is 1. The van der Waals surface area contributed by atoms with Crippen molar-refractivity contribution in [3.8, 4) is 0 Å². The molecule has 0 saturated carbocycles. The van der Waals surface area contributed by atoms with E-state index in [0.29, 0.717) is 6.07 Å². The minimum Gasteiger partial charge on any atom is -0.478 e. The summed E-state index contributed by atoms with van der Waals surface area (Å²) in [6.45, 7) is 1.18. The molecule has 0 fully saturated rings. The summed E-state index contributed by atoms with van der Waals surface area (Å²) in [7, 11) is 0. The first-order valence-corrected chi connectivity index (χ1v) is 4.54. The molecule has 1 rings (SSSR count). The van der Waals surface area contributed by atoms with Gasteiger partial charge in [0.05, 0.1) is 11.3 Å². The fraction of sp³-hybridized carbons (Fsp3) is 0.200. The predicted octanol–water partition coefficient (Wildman–Crippen LogP) is 2.33. The number of rotatable bonds is 2. The topological polar surface area (TPSA) is 66.4 Å². The maximum absolute atomic E-state index is 13.4. The molecule has 0 spiro atoms. The number of carbonyl (C=O) groups is 2. The summed E-state index contributed by atoms with van der Waals surface area (Å²) >= 11 is 0. The summed E-state index contributed by atoms with van der Waals surface area (Å²) in [4.78, 5) is 21.2. The Hall–Kier alpha value is -2.12. The number of carboxylic acids is 1. The van der Waals surface area contributed by atoms with Gasteiger partial charge < -0.3 is 10.4 Å². The molecule has 0 unspecified atom stereocenters. The molecule has 0 aliphatic heterocycles. The lowest BCUT2D eigenvalue weighted by atomic mass is 10.1. The highest BCUT2D eigenvalue weighted by atomic mass is 19.4. The Morgan fingerprint density at radius 3 is 2.22 bits per heavy atom. The Morgan fingerprint density at radius 1 is 1.28 bits per heavy atom. The molecule has 1 amide bonds. The molecule has 0 bridgehead atoms. The number of nitrogens with one attached hydrogen (secondary N) is 1. The number of alkyl halides is 3. The molecule has 2 N–H and O–H groups in total. The van der Waals surface area contributed by atoms with Crippen molar-refractivity contribution >= 4 is 17.6 Å². The van der Waals surface area contributed by atoms with Gasteiger partial charge in [-0.1, -0.05) is 0 Å². The first-order chi connectivity index (χ1) is 8.12. The Morgan fingerprint density at radius 2 is 1.83 bits per heavy atom. The smallest absolute Gasteiger partial charge is 0.471 e. The van der Waals surface area contributed by atoms with Crippen LogP contribution in [0.5, 0.6) is 0 Å². The van der Waals surface area contributed by atoms with Crippen LogP contribution in [-0.4, -0.2) is 23.2 Å². The van der Waals surface area contributed by atoms with Crippen LogP contribution in [0, 0.1) is 12.7 Å². The lowest BCUT2D eigenvalue weighted by Crippen LogP contribution is -2.30. The van der Waals surface area contributed by atoms with Crippen LogP contribution in [0.15, 0.2) is 12.1 Å². The number of halogens is 4. The summed E-state index contributed by atoms with van der Waals surface area (Å²) in [5, 5.41) is 9.95. The molecule has 1 aromatic carbocycles. The van der Waals surface area contributed by atoms with Crippen molar-refractivity contribution in [2.45, 2.75) is 13.1 Å². The van der Waals surface area contributed by atoms with Gasteiger partial charge in [-0.2, -0.15) is 13.2 Å². The first-order valence-electron chi connectivity index (χ1n) is 4.54. The third kappa shape index (κ3) is 2.96. The van der Waals surface area contributed by atoms with E-state index in [0.717, 1.165) is 6.07 Å². The molecule has 0 aromatic heterocycles. The summed E-state index contributed by atoms with van der Waals surface area (Å²) in [5.41, 5.74) is -1.23. The van der Waals surface area contributed by atoms with Crippen molar-refractivity contribution in [3.63, 3.8) is 0 Å². The van der Waals surface area contributed by atoms with E-state index in [-0.39, 0.29) is 5.56 Å². The Bertz CT molecular complexity index is 487. The maximum atomic E-state index is 13.4. The molecule has 0 aliphatic rings. The molecule has 98 valence electrons. The summed E-state index contributed by atoms with van der Waals surface area (Å²) < 4.78 is 49.3. The minimum atomic E-state index is -5.15. The Kier molecular flexibility index (Phi) is 3.59. The molecule has 0 atom stereocenters. The van der Waals surface area contributed by atoms with E-state index in [1.165, 1.54) is 12.2 Å². The summed E-state index contributed by atoms with van der Waals surface area (Å²) in [5.74, 6) is -5.00. The van der Waals surface area contributed by atoms with Crippen molar-refractivity contribution < 1.29 is 32.3 Å². The largest absolute Gasteiger partial charge is 0.478 e. The maximum Gasteiger partial charge on any atom is 0.471 e. The number of anilines is 1. The second kappa shape index (κ2) is 4.63. The van der Waals surface area contributed by atoms with Crippen molar-refractivity contribution in [1.82, 2.24) is 0 Å². The van der Waals surface area contributed by atoms with E-state index in [2.05, 4.69) is 0 Å². The van der Waals surface area contributed by atoms with Crippen LogP contribution >= 0.6 is 0 Å². The van der Waals surface area contributed by atoms with Crippen LogP contribution in [0.4, 0.5) is 23.2 Å². The molecular formula is C10H7F4NO3. The third-order valence-electron chi connectivity index (χ3n) is 2.03. The van der Waals surface area contributed by atoms with Crippen molar-refractivity contribution in [2.75, 3.05) is 5.32 Å². The molecule has 0 saturated heterocycles. The quantitative estimate of drug-likeness (QED) is 0.806. The average molecular weight is 265 g/mol. The molecule has 0 heterocycles. The van der Waals surface area contributed by atoms with Gasteiger partial charge in [-0.15, -0.1) is 0 Å². The second-order valence-corrected chi connectivity index (χ2v) is 3.41. The van der Waals surface area contributed by atoms with E-state index in [4.69, 9.17) is 5.11 Å². The highest BCUT2D eigenvalue weighted by Gasteiger charge is 2.39. The van der Waals surface area contributed by atoms with E-state index >= 15 is 0 Å². The highest BCUT2D eigenvalue weighted by molar-refractivity contribution is 5.96. The van der Waals surface area contributed by atoms with Crippen LogP contribution in [0.1, 0.15) is 15.9 Å². The third-order valence-corrected chi connectivity index (χ3v) is 2.03. The van der Waals surface area contributed by atoms with Gasteiger partial charge in [-0.05, 0) is 24.6 Å². The number of aryl methyl sites for hydroxylation is 1. The summed E-state index contributed by atoms with van der Waals surface area (Å²) in [6.07, 6.45) is -5.15. The lowest BCUT2D eigenvalue weighted by molar-refractivity contribution is -0.167. The SMILES string of the molecule is Cc1cc(C(=O)O)cc(F)c1NC(=O)C(F)(F)F. The van der Waals surface area contributed by atoms with Gasteiger partial charge >= 0.3 is 18.1 Å².